The molecule has 1 unspecified atom stereocenters. The van der Waals surface area contributed by atoms with E-state index in [9.17, 15) is 27.6 Å². The van der Waals surface area contributed by atoms with Crippen molar-refractivity contribution in [2.45, 2.75) is 25.7 Å². The van der Waals surface area contributed by atoms with Gasteiger partial charge >= 0.3 is 18.2 Å². The lowest BCUT2D eigenvalue weighted by Gasteiger charge is -2.14. The minimum Gasteiger partial charge on any atom is -0.449 e. The van der Waals surface area contributed by atoms with Crippen molar-refractivity contribution >= 4 is 17.9 Å². The van der Waals surface area contributed by atoms with Gasteiger partial charge in [-0.25, -0.2) is 9.59 Å². The first-order valence-electron chi connectivity index (χ1n) is 8.17. The predicted octanol–water partition coefficient (Wildman–Crippen LogP) is 3.28. The number of alkyl halides is 3. The topological polar surface area (TPSA) is 84.5 Å². The van der Waals surface area contributed by atoms with E-state index < -0.39 is 35.8 Å². The quantitative estimate of drug-likeness (QED) is 0.763. The summed E-state index contributed by atoms with van der Waals surface area (Å²) in [5.74, 6) is -2.02. The Hall–Kier alpha value is -3.36. The summed E-state index contributed by atoms with van der Waals surface area (Å²) < 4.78 is 42.9. The molecule has 0 bridgehead atoms. The Kier molecular flexibility index (Phi) is 6.75. The van der Waals surface area contributed by atoms with Crippen molar-refractivity contribution in [3.8, 4) is 0 Å². The maximum absolute atomic E-state index is 12.7. The number of hydrogen-bond acceptors (Lipinski definition) is 4. The summed E-state index contributed by atoms with van der Waals surface area (Å²) in [7, 11) is 0. The summed E-state index contributed by atoms with van der Waals surface area (Å²) in [6, 6.07) is 11.8. The molecule has 2 N–H and O–H groups in total. The van der Waals surface area contributed by atoms with Gasteiger partial charge in [-0.15, -0.1) is 0 Å². The number of carbonyl (C=O) groups is 3. The van der Waals surface area contributed by atoms with E-state index in [2.05, 4.69) is 5.32 Å². The lowest BCUT2D eigenvalue weighted by atomic mass is 10.1. The number of imide groups is 1. The van der Waals surface area contributed by atoms with E-state index in [1.165, 1.54) is 6.92 Å². The SMILES string of the molecule is CC(OC(=O)c1cccc(C(F)(F)F)c1)C(=O)NC(=O)NCc1ccccc1. The van der Waals surface area contributed by atoms with Gasteiger partial charge in [0.05, 0.1) is 11.1 Å². The number of urea groups is 1. The van der Waals surface area contributed by atoms with Gasteiger partial charge in [-0.05, 0) is 30.7 Å². The zero-order valence-corrected chi connectivity index (χ0v) is 14.7. The Labute approximate surface area is 158 Å². The molecule has 6 nitrogen and oxygen atoms in total. The first-order valence-corrected chi connectivity index (χ1v) is 8.17. The number of rotatable bonds is 5. The van der Waals surface area contributed by atoms with Crippen LogP contribution in [0.4, 0.5) is 18.0 Å². The van der Waals surface area contributed by atoms with Gasteiger partial charge in [-0.2, -0.15) is 13.2 Å². The van der Waals surface area contributed by atoms with Crippen LogP contribution >= 0.6 is 0 Å². The molecule has 0 aliphatic carbocycles. The number of amides is 3. The summed E-state index contributed by atoms with van der Waals surface area (Å²) in [6.45, 7) is 1.38. The van der Waals surface area contributed by atoms with Crippen molar-refractivity contribution in [3.05, 3.63) is 71.3 Å². The van der Waals surface area contributed by atoms with Crippen LogP contribution in [0.25, 0.3) is 0 Å². The average Bonchev–Trinajstić information content (AvgIpc) is 2.66. The van der Waals surface area contributed by atoms with Crippen LogP contribution in [0.1, 0.15) is 28.4 Å². The molecular formula is C19H17F3N2O4. The molecule has 2 aromatic carbocycles. The van der Waals surface area contributed by atoms with Gasteiger partial charge in [0, 0.05) is 6.54 Å². The number of halogens is 3. The molecule has 0 heterocycles. The zero-order chi connectivity index (χ0) is 20.7. The Morgan fingerprint density at radius 3 is 2.36 bits per heavy atom. The van der Waals surface area contributed by atoms with E-state index in [0.717, 1.165) is 23.8 Å². The van der Waals surface area contributed by atoms with Crippen LogP contribution in [-0.2, 0) is 22.3 Å². The number of nitrogens with one attached hydrogen (secondary N) is 2. The molecule has 0 fully saturated rings. The van der Waals surface area contributed by atoms with E-state index in [4.69, 9.17) is 4.74 Å². The Morgan fingerprint density at radius 2 is 1.71 bits per heavy atom. The molecule has 28 heavy (non-hydrogen) atoms. The largest absolute Gasteiger partial charge is 0.449 e. The third-order valence-electron chi connectivity index (χ3n) is 3.61. The highest BCUT2D eigenvalue weighted by molar-refractivity contribution is 5.98. The fourth-order valence-electron chi connectivity index (χ4n) is 2.14. The minimum atomic E-state index is -4.61. The van der Waals surface area contributed by atoms with Crippen molar-refractivity contribution < 1.29 is 32.3 Å². The number of carbonyl (C=O) groups excluding carboxylic acids is 3. The van der Waals surface area contributed by atoms with Crippen LogP contribution in [-0.4, -0.2) is 24.0 Å². The van der Waals surface area contributed by atoms with Gasteiger partial charge in [0.1, 0.15) is 0 Å². The second kappa shape index (κ2) is 9.03. The van der Waals surface area contributed by atoms with Gasteiger partial charge in [0.25, 0.3) is 5.91 Å². The van der Waals surface area contributed by atoms with Crippen molar-refractivity contribution in [3.63, 3.8) is 0 Å². The molecule has 3 amide bonds. The van der Waals surface area contributed by atoms with Crippen molar-refractivity contribution in [2.24, 2.45) is 0 Å². The number of ether oxygens (including phenoxy) is 1. The molecule has 148 valence electrons. The first kappa shape index (κ1) is 20.9. The van der Waals surface area contributed by atoms with Crippen LogP contribution in [0.2, 0.25) is 0 Å². The maximum atomic E-state index is 12.7. The van der Waals surface area contributed by atoms with Gasteiger partial charge in [0.15, 0.2) is 6.10 Å². The molecule has 0 aliphatic rings. The molecule has 0 saturated heterocycles. The van der Waals surface area contributed by atoms with Crippen molar-refractivity contribution in [1.29, 1.82) is 0 Å². The monoisotopic (exact) mass is 394 g/mol. The van der Waals surface area contributed by atoms with Crippen LogP contribution in [0.3, 0.4) is 0 Å². The molecule has 9 heteroatoms. The standard InChI is InChI=1S/C19H17F3N2O4/c1-12(16(25)24-18(27)23-11-13-6-3-2-4-7-13)28-17(26)14-8-5-9-15(10-14)19(20,21)22/h2-10,12H,11H2,1H3,(H2,23,24,25,27). The molecule has 0 aromatic heterocycles. The predicted molar refractivity (Wildman–Crippen MR) is 93.1 cm³/mol. The summed E-state index contributed by atoms with van der Waals surface area (Å²) in [5, 5.41) is 4.45. The molecule has 0 saturated carbocycles. The lowest BCUT2D eigenvalue weighted by molar-refractivity contribution is -0.137. The highest BCUT2D eigenvalue weighted by atomic mass is 19.4. The molecule has 0 spiro atoms. The maximum Gasteiger partial charge on any atom is 0.416 e. The van der Waals surface area contributed by atoms with E-state index in [1.54, 1.807) is 24.3 Å². The minimum absolute atomic E-state index is 0.179. The Bertz CT molecular complexity index is 854. The fourth-order valence-corrected chi connectivity index (χ4v) is 2.14. The van der Waals surface area contributed by atoms with E-state index >= 15 is 0 Å². The van der Waals surface area contributed by atoms with Crippen LogP contribution < -0.4 is 10.6 Å². The summed E-state index contributed by atoms with van der Waals surface area (Å²) >= 11 is 0. The number of esters is 1. The third kappa shape index (κ3) is 6.11. The zero-order valence-electron chi connectivity index (χ0n) is 14.7. The fraction of sp³-hybridized carbons (Fsp3) is 0.211. The van der Waals surface area contributed by atoms with Gasteiger partial charge in [-0.1, -0.05) is 36.4 Å². The van der Waals surface area contributed by atoms with Crippen molar-refractivity contribution in [2.75, 3.05) is 0 Å². The van der Waals surface area contributed by atoms with E-state index in [1.807, 2.05) is 11.4 Å². The second-order valence-electron chi connectivity index (χ2n) is 5.78. The molecular weight excluding hydrogens is 377 g/mol. The van der Waals surface area contributed by atoms with Gasteiger partial charge in [0.2, 0.25) is 0 Å². The Balaban J connectivity index is 1.87. The van der Waals surface area contributed by atoms with Crippen LogP contribution in [0.15, 0.2) is 54.6 Å². The highest BCUT2D eigenvalue weighted by Gasteiger charge is 2.31. The van der Waals surface area contributed by atoms with Crippen molar-refractivity contribution in [1.82, 2.24) is 10.6 Å². The summed E-state index contributed by atoms with van der Waals surface area (Å²) in [4.78, 5) is 35.6. The highest BCUT2D eigenvalue weighted by Crippen LogP contribution is 2.29. The molecule has 0 aliphatic heterocycles. The molecule has 2 rings (SSSR count). The Morgan fingerprint density at radius 1 is 1.04 bits per heavy atom. The second-order valence-corrected chi connectivity index (χ2v) is 5.78. The molecule has 2 aromatic rings. The average molecular weight is 394 g/mol. The van der Waals surface area contributed by atoms with E-state index in [-0.39, 0.29) is 12.1 Å². The normalized spacial score (nSPS) is 12.0. The van der Waals surface area contributed by atoms with Gasteiger partial charge < -0.3 is 10.1 Å². The first-order chi connectivity index (χ1) is 13.2. The van der Waals surface area contributed by atoms with Crippen LogP contribution in [0.5, 0.6) is 0 Å². The summed E-state index contributed by atoms with van der Waals surface area (Å²) in [5.41, 5.74) is -0.559. The molecule has 1 atom stereocenters. The van der Waals surface area contributed by atoms with Gasteiger partial charge in [-0.3, -0.25) is 10.1 Å². The molecule has 0 radical (unpaired) electrons. The lowest BCUT2D eigenvalue weighted by Crippen LogP contribution is -2.44. The summed E-state index contributed by atoms with van der Waals surface area (Å²) in [6.07, 6.45) is -6.00. The van der Waals surface area contributed by atoms with E-state index in [0.29, 0.717) is 6.07 Å². The smallest absolute Gasteiger partial charge is 0.416 e. The van der Waals surface area contributed by atoms with Crippen LogP contribution in [0, 0.1) is 0 Å². The number of hydrogen-bond donors (Lipinski definition) is 2. The third-order valence-corrected chi connectivity index (χ3v) is 3.61. The number of benzene rings is 2.